The minimum absolute atomic E-state index is 0.100. The van der Waals surface area contributed by atoms with Gasteiger partial charge in [0.1, 0.15) is 0 Å². The summed E-state index contributed by atoms with van der Waals surface area (Å²) in [6.07, 6.45) is 10.4. The molecule has 4 aliphatic carbocycles. The van der Waals surface area contributed by atoms with E-state index in [-0.39, 0.29) is 41.0 Å². The summed E-state index contributed by atoms with van der Waals surface area (Å²) in [6, 6.07) is 4.06. The van der Waals surface area contributed by atoms with Crippen molar-refractivity contribution >= 4 is 11.6 Å². The Balaban J connectivity index is 1.08. The average Bonchev–Trinajstić information content (AvgIpc) is 3.32. The number of aliphatic hydroxyl groups excluding tert-OH is 3. The average molecular weight is 554 g/mol. The topological polar surface area (TPSA) is 97.1 Å². The first kappa shape index (κ1) is 28.4. The van der Waals surface area contributed by atoms with E-state index in [0.29, 0.717) is 36.0 Å². The first-order chi connectivity index (χ1) is 19.1. The Labute approximate surface area is 240 Å². The quantitative estimate of drug-likeness (QED) is 0.508. The zero-order chi connectivity index (χ0) is 28.2. The van der Waals surface area contributed by atoms with Crippen LogP contribution in [0.1, 0.15) is 78.6 Å². The molecule has 1 amide bonds. The lowest BCUT2D eigenvalue weighted by molar-refractivity contribution is -0.207. The van der Waals surface area contributed by atoms with Gasteiger partial charge in [-0.3, -0.25) is 9.78 Å². The summed E-state index contributed by atoms with van der Waals surface area (Å²) in [5, 5.41) is 33.7. The van der Waals surface area contributed by atoms with E-state index < -0.39 is 0 Å². The van der Waals surface area contributed by atoms with Crippen LogP contribution in [0.2, 0.25) is 0 Å². The molecule has 0 aromatic carbocycles. The predicted molar refractivity (Wildman–Crippen MR) is 155 cm³/mol. The monoisotopic (exact) mass is 553 g/mol. The fourth-order valence-electron chi connectivity index (χ4n) is 10.6. The summed E-state index contributed by atoms with van der Waals surface area (Å²) in [5.41, 5.74) is 1.06. The molecule has 1 aromatic rings. The highest BCUT2D eigenvalue weighted by Gasteiger charge is 2.65. The summed E-state index contributed by atoms with van der Waals surface area (Å²) in [7, 11) is 0. The molecule has 5 aliphatic rings. The molecule has 4 saturated carbocycles. The Bertz CT molecular complexity index is 1050. The third-order valence-corrected chi connectivity index (χ3v) is 13.0. The number of pyridine rings is 1. The summed E-state index contributed by atoms with van der Waals surface area (Å²) in [4.78, 5) is 21.7. The number of aliphatic hydroxyl groups is 3. The van der Waals surface area contributed by atoms with E-state index in [0.717, 1.165) is 77.5 Å². The Morgan fingerprint density at radius 1 is 1.00 bits per heavy atom. The number of fused-ring (bicyclic) bond motifs is 5. The van der Waals surface area contributed by atoms with Crippen molar-refractivity contribution in [1.29, 1.82) is 0 Å². The molecule has 7 heteroatoms. The van der Waals surface area contributed by atoms with Crippen molar-refractivity contribution in [3.63, 3.8) is 0 Å². The van der Waals surface area contributed by atoms with E-state index in [1.54, 1.807) is 0 Å². The molecular weight excluding hydrogens is 502 g/mol. The van der Waals surface area contributed by atoms with Gasteiger partial charge in [-0.1, -0.05) is 20.8 Å². The van der Waals surface area contributed by atoms with E-state index in [4.69, 9.17) is 0 Å². The van der Waals surface area contributed by atoms with Gasteiger partial charge in [-0.15, -0.1) is 0 Å². The largest absolute Gasteiger partial charge is 0.393 e. The number of anilines is 1. The second kappa shape index (κ2) is 10.9. The number of aromatic nitrogens is 1. The van der Waals surface area contributed by atoms with Crippen LogP contribution in [0, 0.1) is 46.3 Å². The molecule has 0 spiro atoms. The van der Waals surface area contributed by atoms with Crippen molar-refractivity contribution in [3.8, 4) is 0 Å². The highest BCUT2D eigenvalue weighted by molar-refractivity contribution is 5.76. The molecule has 2 heterocycles. The molecule has 40 heavy (non-hydrogen) atoms. The Morgan fingerprint density at radius 2 is 1.73 bits per heavy atom. The van der Waals surface area contributed by atoms with Crippen LogP contribution in [-0.4, -0.2) is 75.6 Å². The van der Waals surface area contributed by atoms with Gasteiger partial charge in [0.15, 0.2) is 0 Å². The summed E-state index contributed by atoms with van der Waals surface area (Å²) in [6.45, 7) is 10.2. The standard InChI is InChI=1S/C33H51N3O4/c1-21(4-7-30(40)36-16-14-35(15-17-36)23-9-12-34-13-10-23)25-5-6-26-31-27(20-29(39)33(25,26)3)32(2)11-8-24(37)18-22(32)19-28(31)38/h9-10,12-13,21-22,24-29,31,37-39H,4-8,11,14-20H2,1-3H3/t21-,22+,24-,25-,26+,27+,28-,29+,31+,32+,33-/m1/s1. The van der Waals surface area contributed by atoms with Gasteiger partial charge in [0.25, 0.3) is 0 Å². The molecule has 1 saturated heterocycles. The van der Waals surface area contributed by atoms with Crippen LogP contribution in [0.25, 0.3) is 0 Å². The molecule has 6 rings (SSSR count). The zero-order valence-corrected chi connectivity index (χ0v) is 24.8. The number of rotatable bonds is 5. The highest BCUT2D eigenvalue weighted by atomic mass is 16.3. The fourth-order valence-corrected chi connectivity index (χ4v) is 10.6. The number of carbonyl (C=O) groups is 1. The van der Waals surface area contributed by atoms with E-state index >= 15 is 0 Å². The molecule has 7 nitrogen and oxygen atoms in total. The maximum Gasteiger partial charge on any atom is 0.222 e. The number of amides is 1. The van der Waals surface area contributed by atoms with E-state index in [9.17, 15) is 20.1 Å². The molecule has 11 atom stereocenters. The van der Waals surface area contributed by atoms with Crippen molar-refractivity contribution in [3.05, 3.63) is 24.5 Å². The van der Waals surface area contributed by atoms with Gasteiger partial charge in [0.05, 0.1) is 18.3 Å². The lowest BCUT2D eigenvalue weighted by Crippen LogP contribution is -2.62. The van der Waals surface area contributed by atoms with E-state index in [2.05, 4.69) is 30.7 Å². The maximum absolute atomic E-state index is 13.2. The molecule has 1 aliphatic heterocycles. The molecule has 1 aromatic heterocycles. The van der Waals surface area contributed by atoms with Gasteiger partial charge < -0.3 is 25.1 Å². The van der Waals surface area contributed by atoms with Crippen LogP contribution in [0.4, 0.5) is 5.69 Å². The van der Waals surface area contributed by atoms with Crippen LogP contribution in [0.5, 0.6) is 0 Å². The smallest absolute Gasteiger partial charge is 0.222 e. The molecule has 3 N–H and O–H groups in total. The van der Waals surface area contributed by atoms with Crippen molar-refractivity contribution < 1.29 is 20.1 Å². The first-order valence-electron chi connectivity index (χ1n) is 16.1. The molecule has 0 radical (unpaired) electrons. The molecule has 222 valence electrons. The van der Waals surface area contributed by atoms with Crippen molar-refractivity contribution in [2.75, 3.05) is 31.1 Å². The number of hydrogen-bond acceptors (Lipinski definition) is 6. The van der Waals surface area contributed by atoms with Crippen LogP contribution >= 0.6 is 0 Å². The zero-order valence-electron chi connectivity index (χ0n) is 24.8. The predicted octanol–water partition coefficient (Wildman–Crippen LogP) is 4.11. The Morgan fingerprint density at radius 3 is 2.45 bits per heavy atom. The molecule has 5 fully saturated rings. The van der Waals surface area contributed by atoms with Crippen LogP contribution in [0.3, 0.4) is 0 Å². The summed E-state index contributed by atoms with van der Waals surface area (Å²) >= 11 is 0. The number of carbonyl (C=O) groups excluding carboxylic acids is 1. The number of piperazine rings is 1. The second-order valence-corrected chi connectivity index (χ2v) is 14.6. The van der Waals surface area contributed by atoms with Crippen molar-refractivity contribution in [1.82, 2.24) is 9.88 Å². The SMILES string of the molecule is C[C@H](CCC(=O)N1CCN(c2ccncc2)CC1)[C@H]1CC[C@H]2[C@@H]3[C@H](O)C[C@@H]4C[C@H](O)CC[C@]4(C)[C@H]3C[C@H](O)[C@]12C. The lowest BCUT2D eigenvalue weighted by atomic mass is 9.43. The van der Waals surface area contributed by atoms with Gasteiger partial charge in [-0.2, -0.15) is 0 Å². The lowest BCUT2D eigenvalue weighted by Gasteiger charge is -2.63. The minimum Gasteiger partial charge on any atom is -0.393 e. The van der Waals surface area contributed by atoms with Crippen molar-refractivity contribution in [2.24, 2.45) is 46.3 Å². The van der Waals surface area contributed by atoms with Crippen LogP contribution in [-0.2, 0) is 4.79 Å². The Hall–Kier alpha value is -1.70. The maximum atomic E-state index is 13.2. The van der Waals surface area contributed by atoms with E-state index in [1.807, 2.05) is 29.4 Å². The molecular formula is C33H51N3O4. The summed E-state index contributed by atoms with van der Waals surface area (Å²) < 4.78 is 0. The van der Waals surface area contributed by atoms with Gasteiger partial charge in [-0.25, -0.2) is 0 Å². The third kappa shape index (κ3) is 4.68. The molecule has 0 bridgehead atoms. The van der Waals surface area contributed by atoms with Crippen LogP contribution in [0.15, 0.2) is 24.5 Å². The van der Waals surface area contributed by atoms with Gasteiger partial charge in [0.2, 0.25) is 5.91 Å². The highest BCUT2D eigenvalue weighted by Crippen LogP contribution is 2.68. The van der Waals surface area contributed by atoms with Gasteiger partial charge in [-0.05, 0) is 110 Å². The first-order valence-corrected chi connectivity index (χ1v) is 16.1. The Kier molecular flexibility index (Phi) is 7.71. The second-order valence-electron chi connectivity index (χ2n) is 14.6. The summed E-state index contributed by atoms with van der Waals surface area (Å²) in [5.74, 6) is 2.21. The normalized spacial score (nSPS) is 44.0. The van der Waals surface area contributed by atoms with Crippen molar-refractivity contribution in [2.45, 2.75) is 96.9 Å². The molecule has 0 unspecified atom stereocenters. The number of nitrogens with zero attached hydrogens (tertiary/aromatic N) is 3. The van der Waals surface area contributed by atoms with Crippen LogP contribution < -0.4 is 4.90 Å². The van der Waals surface area contributed by atoms with Gasteiger partial charge in [0, 0.05) is 50.7 Å². The van der Waals surface area contributed by atoms with E-state index in [1.165, 1.54) is 5.69 Å². The number of hydrogen-bond donors (Lipinski definition) is 3. The minimum atomic E-state index is -0.375. The fraction of sp³-hybridized carbons (Fsp3) is 0.818. The van der Waals surface area contributed by atoms with Gasteiger partial charge >= 0.3 is 0 Å². The third-order valence-electron chi connectivity index (χ3n) is 13.0.